The van der Waals surface area contributed by atoms with Crippen LogP contribution in [0.3, 0.4) is 0 Å². The summed E-state index contributed by atoms with van der Waals surface area (Å²) < 4.78 is 5.81. The second-order valence-electron chi connectivity index (χ2n) is 6.11. The summed E-state index contributed by atoms with van der Waals surface area (Å²) >= 11 is 0. The number of hydrogen-bond donors (Lipinski definition) is 1. The molecule has 1 aliphatic heterocycles. The zero-order valence-electron chi connectivity index (χ0n) is 13.6. The van der Waals surface area contributed by atoms with Gasteiger partial charge >= 0.3 is 0 Å². The first-order valence-electron chi connectivity index (χ1n) is 8.36. The van der Waals surface area contributed by atoms with Crippen molar-refractivity contribution in [3.8, 4) is 0 Å². The molecule has 0 spiro atoms. The fourth-order valence-electron chi connectivity index (χ4n) is 2.90. The lowest BCUT2D eigenvalue weighted by Gasteiger charge is -2.27. The molecule has 1 unspecified atom stereocenters. The SMILES string of the molecule is CCNCCc1ccc(CN(C)CC2CCCCO2)cc1. The van der Waals surface area contributed by atoms with E-state index in [4.69, 9.17) is 4.74 Å². The molecule has 1 aromatic carbocycles. The van der Waals surface area contributed by atoms with Crippen LogP contribution in [0.25, 0.3) is 0 Å². The van der Waals surface area contributed by atoms with Crippen LogP contribution in [0.15, 0.2) is 24.3 Å². The number of ether oxygens (including phenoxy) is 1. The molecule has 0 bridgehead atoms. The second kappa shape index (κ2) is 9.19. The molecule has 21 heavy (non-hydrogen) atoms. The monoisotopic (exact) mass is 290 g/mol. The molecule has 0 radical (unpaired) electrons. The molecule has 2 rings (SSSR count). The van der Waals surface area contributed by atoms with Crippen molar-refractivity contribution in [2.45, 2.75) is 45.3 Å². The summed E-state index contributed by atoms with van der Waals surface area (Å²) in [6, 6.07) is 9.05. The summed E-state index contributed by atoms with van der Waals surface area (Å²) in [4.78, 5) is 2.38. The van der Waals surface area contributed by atoms with E-state index >= 15 is 0 Å². The van der Waals surface area contributed by atoms with Gasteiger partial charge in [-0.3, -0.25) is 4.90 Å². The summed E-state index contributed by atoms with van der Waals surface area (Å²) in [5.41, 5.74) is 2.80. The molecule has 0 aromatic heterocycles. The summed E-state index contributed by atoms with van der Waals surface area (Å²) in [5, 5.41) is 3.37. The second-order valence-corrected chi connectivity index (χ2v) is 6.11. The van der Waals surface area contributed by atoms with Crippen molar-refractivity contribution < 1.29 is 4.74 Å². The van der Waals surface area contributed by atoms with E-state index in [2.05, 4.69) is 48.5 Å². The maximum absolute atomic E-state index is 5.81. The Bertz CT molecular complexity index is 385. The Morgan fingerprint density at radius 1 is 1.19 bits per heavy atom. The summed E-state index contributed by atoms with van der Waals surface area (Å²) in [6.07, 6.45) is 5.31. The number of nitrogens with one attached hydrogen (secondary N) is 1. The first kappa shape index (κ1) is 16.5. The number of hydrogen-bond acceptors (Lipinski definition) is 3. The van der Waals surface area contributed by atoms with Crippen LogP contribution in [0.1, 0.15) is 37.3 Å². The predicted molar refractivity (Wildman–Crippen MR) is 88.6 cm³/mol. The highest BCUT2D eigenvalue weighted by atomic mass is 16.5. The van der Waals surface area contributed by atoms with Gasteiger partial charge in [-0.25, -0.2) is 0 Å². The van der Waals surface area contributed by atoms with Gasteiger partial charge in [0.05, 0.1) is 6.10 Å². The van der Waals surface area contributed by atoms with Crippen molar-refractivity contribution in [2.24, 2.45) is 0 Å². The summed E-state index contributed by atoms with van der Waals surface area (Å²) in [6.45, 7) is 7.25. The lowest BCUT2D eigenvalue weighted by atomic mass is 10.1. The van der Waals surface area contributed by atoms with E-state index in [0.717, 1.165) is 39.2 Å². The van der Waals surface area contributed by atoms with E-state index in [1.165, 1.54) is 30.4 Å². The van der Waals surface area contributed by atoms with Crippen LogP contribution in [0.5, 0.6) is 0 Å². The van der Waals surface area contributed by atoms with Gasteiger partial charge in [0, 0.05) is 19.7 Å². The third-order valence-electron chi connectivity index (χ3n) is 4.11. The Hall–Kier alpha value is -0.900. The fraction of sp³-hybridized carbons (Fsp3) is 0.667. The Balaban J connectivity index is 1.73. The molecule has 0 saturated carbocycles. The van der Waals surface area contributed by atoms with Crippen LogP contribution in [0.2, 0.25) is 0 Å². The summed E-state index contributed by atoms with van der Waals surface area (Å²) in [7, 11) is 2.19. The first-order chi connectivity index (χ1) is 10.3. The Labute approximate surface area is 129 Å². The molecular weight excluding hydrogens is 260 g/mol. The molecule has 1 aromatic rings. The number of nitrogens with zero attached hydrogens (tertiary/aromatic N) is 1. The molecule has 3 heteroatoms. The van der Waals surface area contributed by atoms with Crippen molar-refractivity contribution >= 4 is 0 Å². The summed E-state index contributed by atoms with van der Waals surface area (Å²) in [5.74, 6) is 0. The van der Waals surface area contributed by atoms with Gasteiger partial charge in [0.2, 0.25) is 0 Å². The Kier molecular flexibility index (Phi) is 7.20. The van der Waals surface area contributed by atoms with Gasteiger partial charge in [-0.15, -0.1) is 0 Å². The maximum atomic E-state index is 5.81. The van der Waals surface area contributed by atoms with Crippen LogP contribution in [0.4, 0.5) is 0 Å². The molecule has 1 fully saturated rings. The van der Waals surface area contributed by atoms with Gasteiger partial charge in [-0.05, 0) is 56.9 Å². The average Bonchev–Trinajstić information content (AvgIpc) is 2.50. The van der Waals surface area contributed by atoms with E-state index in [1.807, 2.05) is 0 Å². The third kappa shape index (κ3) is 6.16. The highest BCUT2D eigenvalue weighted by Gasteiger charge is 2.15. The minimum absolute atomic E-state index is 0.433. The highest BCUT2D eigenvalue weighted by molar-refractivity contribution is 5.22. The molecule has 1 atom stereocenters. The first-order valence-corrected chi connectivity index (χ1v) is 8.36. The molecule has 118 valence electrons. The number of rotatable bonds is 8. The minimum atomic E-state index is 0.433. The highest BCUT2D eigenvalue weighted by Crippen LogP contribution is 2.14. The van der Waals surface area contributed by atoms with Gasteiger partial charge in [0.25, 0.3) is 0 Å². The average molecular weight is 290 g/mol. The van der Waals surface area contributed by atoms with Crippen LogP contribution in [-0.2, 0) is 17.7 Å². The molecule has 1 saturated heterocycles. The lowest BCUT2D eigenvalue weighted by Crippen LogP contribution is -2.33. The number of benzene rings is 1. The Morgan fingerprint density at radius 3 is 2.62 bits per heavy atom. The van der Waals surface area contributed by atoms with Gasteiger partial charge in [0.15, 0.2) is 0 Å². The molecular formula is C18H30N2O. The van der Waals surface area contributed by atoms with E-state index < -0.39 is 0 Å². The van der Waals surface area contributed by atoms with Gasteiger partial charge in [0.1, 0.15) is 0 Å². The zero-order valence-corrected chi connectivity index (χ0v) is 13.6. The van der Waals surface area contributed by atoms with Crippen molar-refractivity contribution in [2.75, 3.05) is 33.3 Å². The topological polar surface area (TPSA) is 24.5 Å². The lowest BCUT2D eigenvalue weighted by molar-refractivity contribution is -0.00259. The van der Waals surface area contributed by atoms with E-state index in [0.29, 0.717) is 6.10 Å². The molecule has 0 aliphatic carbocycles. The molecule has 3 nitrogen and oxygen atoms in total. The normalized spacial score (nSPS) is 19.1. The minimum Gasteiger partial charge on any atom is -0.377 e. The third-order valence-corrected chi connectivity index (χ3v) is 4.11. The van der Waals surface area contributed by atoms with Crippen molar-refractivity contribution in [1.29, 1.82) is 0 Å². The predicted octanol–water partition coefficient (Wildman–Crippen LogP) is 2.84. The van der Waals surface area contributed by atoms with Crippen LogP contribution in [-0.4, -0.2) is 44.3 Å². The van der Waals surface area contributed by atoms with Gasteiger partial charge in [-0.1, -0.05) is 31.2 Å². The van der Waals surface area contributed by atoms with Crippen LogP contribution < -0.4 is 5.32 Å². The van der Waals surface area contributed by atoms with Gasteiger partial charge < -0.3 is 10.1 Å². The number of likely N-dealkylation sites (N-methyl/N-ethyl adjacent to an activating group) is 2. The standard InChI is InChI=1S/C18H30N2O/c1-3-19-12-11-16-7-9-17(10-8-16)14-20(2)15-18-6-4-5-13-21-18/h7-10,18-19H,3-6,11-15H2,1-2H3. The van der Waals surface area contributed by atoms with Gasteiger partial charge in [-0.2, -0.15) is 0 Å². The molecule has 1 aliphatic rings. The van der Waals surface area contributed by atoms with Crippen molar-refractivity contribution in [1.82, 2.24) is 10.2 Å². The largest absolute Gasteiger partial charge is 0.377 e. The van der Waals surface area contributed by atoms with Crippen LogP contribution in [0, 0.1) is 0 Å². The van der Waals surface area contributed by atoms with E-state index in [1.54, 1.807) is 0 Å². The Morgan fingerprint density at radius 2 is 1.95 bits per heavy atom. The fourth-order valence-corrected chi connectivity index (χ4v) is 2.90. The molecule has 0 amide bonds. The smallest absolute Gasteiger partial charge is 0.0702 e. The molecule has 1 N–H and O–H groups in total. The van der Waals surface area contributed by atoms with Crippen molar-refractivity contribution in [3.05, 3.63) is 35.4 Å². The van der Waals surface area contributed by atoms with E-state index in [9.17, 15) is 0 Å². The van der Waals surface area contributed by atoms with E-state index in [-0.39, 0.29) is 0 Å². The zero-order chi connectivity index (χ0) is 14.9. The quantitative estimate of drug-likeness (QED) is 0.745. The maximum Gasteiger partial charge on any atom is 0.0702 e. The molecule has 1 heterocycles. The van der Waals surface area contributed by atoms with Crippen LogP contribution >= 0.6 is 0 Å². The van der Waals surface area contributed by atoms with Crippen molar-refractivity contribution in [3.63, 3.8) is 0 Å².